The molecule has 1 amide bonds. The van der Waals surface area contributed by atoms with Crippen LogP contribution in [-0.4, -0.2) is 45.5 Å². The molecule has 0 unspecified atom stereocenters. The summed E-state index contributed by atoms with van der Waals surface area (Å²) >= 11 is 0. The molecule has 1 atom stereocenters. The third-order valence-corrected chi connectivity index (χ3v) is 5.40. The maximum absolute atomic E-state index is 13.5. The van der Waals surface area contributed by atoms with Crippen LogP contribution in [0.15, 0.2) is 59.7 Å². The maximum atomic E-state index is 13.5. The minimum Gasteiger partial charge on any atom is -0.504 e. The van der Waals surface area contributed by atoms with Crippen LogP contribution in [-0.2, 0) is 0 Å². The van der Waals surface area contributed by atoms with Crippen LogP contribution in [0.1, 0.15) is 41.5 Å². The van der Waals surface area contributed by atoms with Crippen molar-refractivity contribution < 1.29 is 29.4 Å². The molecule has 186 valence electrons. The lowest BCUT2D eigenvalue weighted by molar-refractivity contribution is -0.384. The summed E-state index contributed by atoms with van der Waals surface area (Å²) < 4.78 is 10.9. The van der Waals surface area contributed by atoms with Gasteiger partial charge < -0.3 is 25.0 Å². The van der Waals surface area contributed by atoms with Crippen LogP contribution < -0.4 is 14.8 Å². The average molecular weight is 492 g/mol. The van der Waals surface area contributed by atoms with E-state index in [0.29, 0.717) is 24.3 Å². The molecule has 3 aromatic carbocycles. The molecule has 0 aromatic heterocycles. The Morgan fingerprint density at radius 2 is 1.69 bits per heavy atom. The number of carbonyl (C=O) groups excluding carboxylic acids is 1. The molecule has 3 aromatic rings. The van der Waals surface area contributed by atoms with Gasteiger partial charge in [0.15, 0.2) is 29.2 Å². The number of benzene rings is 3. The zero-order chi connectivity index (χ0) is 25.8. The molecular formula is C25H24N4O7. The van der Waals surface area contributed by atoms with Crippen LogP contribution in [0.3, 0.4) is 0 Å². The number of phenolic OH excluding ortho intramolecular Hbond substituents is 2. The van der Waals surface area contributed by atoms with Crippen molar-refractivity contribution in [3.05, 3.63) is 81.4 Å². The van der Waals surface area contributed by atoms with Crippen molar-refractivity contribution in [3.63, 3.8) is 0 Å². The van der Waals surface area contributed by atoms with Gasteiger partial charge in [-0.15, -0.1) is 0 Å². The van der Waals surface area contributed by atoms with Crippen molar-refractivity contribution in [2.45, 2.75) is 20.0 Å². The molecule has 36 heavy (non-hydrogen) atoms. The Hall–Kier alpha value is -4.80. The summed E-state index contributed by atoms with van der Waals surface area (Å²) in [5.74, 6) is -0.0849. The molecule has 0 bridgehead atoms. The van der Waals surface area contributed by atoms with Crippen LogP contribution >= 0.6 is 0 Å². The van der Waals surface area contributed by atoms with E-state index in [-0.39, 0.29) is 39.9 Å². The lowest BCUT2D eigenvalue weighted by Gasteiger charge is -2.34. The van der Waals surface area contributed by atoms with Crippen molar-refractivity contribution in [3.8, 4) is 23.0 Å². The first kappa shape index (κ1) is 24.3. The minimum atomic E-state index is -0.869. The molecule has 4 rings (SSSR count). The average Bonchev–Trinajstić information content (AvgIpc) is 2.86. The zero-order valence-corrected chi connectivity index (χ0v) is 19.5. The van der Waals surface area contributed by atoms with Gasteiger partial charge in [0.25, 0.3) is 11.6 Å². The molecule has 0 saturated heterocycles. The van der Waals surface area contributed by atoms with Gasteiger partial charge in [0, 0.05) is 17.7 Å². The molecule has 1 heterocycles. The fourth-order valence-electron chi connectivity index (χ4n) is 3.73. The summed E-state index contributed by atoms with van der Waals surface area (Å²) in [5, 5.41) is 40.1. The van der Waals surface area contributed by atoms with E-state index >= 15 is 0 Å². The standard InChI is InChI=1S/C25H24N4O7/c1-3-35-22-11-15(5-9-20(22)30)14-26-28-24(16-6-10-21(31)23(12-16)36-4-2)27-19-13-17(29(33)34)7-8-18(19)25(28)32/h5-14,24,27,30-31H,3-4H2,1-2H3/b26-14+/t24-/m0/s1. The first-order chi connectivity index (χ1) is 17.3. The molecule has 11 nitrogen and oxygen atoms in total. The van der Waals surface area contributed by atoms with Gasteiger partial charge in [-0.2, -0.15) is 5.10 Å². The largest absolute Gasteiger partial charge is 0.504 e. The lowest BCUT2D eigenvalue weighted by Crippen LogP contribution is -2.39. The molecule has 11 heteroatoms. The summed E-state index contributed by atoms with van der Waals surface area (Å²) in [6.07, 6.45) is 0.570. The Labute approximate surface area is 206 Å². The van der Waals surface area contributed by atoms with Crippen LogP contribution in [0.5, 0.6) is 23.0 Å². The highest BCUT2D eigenvalue weighted by Gasteiger charge is 2.34. The lowest BCUT2D eigenvalue weighted by atomic mass is 10.0. The number of hydrogen-bond acceptors (Lipinski definition) is 9. The highest BCUT2D eigenvalue weighted by molar-refractivity contribution is 6.02. The highest BCUT2D eigenvalue weighted by Crippen LogP contribution is 2.38. The van der Waals surface area contributed by atoms with E-state index < -0.39 is 17.0 Å². The SMILES string of the molecule is CCOc1cc(/C=N/N2C(=O)c3ccc([N+](=O)[O-])cc3N[C@@H]2c2ccc(O)c(OCC)c2)ccc1O. The third kappa shape index (κ3) is 4.85. The van der Waals surface area contributed by atoms with Gasteiger partial charge in [0.2, 0.25) is 0 Å². The second-order valence-electron chi connectivity index (χ2n) is 7.75. The number of nitro benzene ring substituents is 1. The number of nitrogens with one attached hydrogen (secondary N) is 1. The van der Waals surface area contributed by atoms with Gasteiger partial charge in [0.05, 0.1) is 35.6 Å². The molecule has 0 aliphatic carbocycles. The van der Waals surface area contributed by atoms with E-state index in [1.54, 1.807) is 38.1 Å². The number of nitrogens with zero attached hydrogens (tertiary/aromatic N) is 3. The smallest absolute Gasteiger partial charge is 0.278 e. The maximum Gasteiger partial charge on any atom is 0.278 e. The van der Waals surface area contributed by atoms with E-state index in [4.69, 9.17) is 9.47 Å². The van der Waals surface area contributed by atoms with E-state index in [1.165, 1.54) is 41.6 Å². The van der Waals surface area contributed by atoms with E-state index in [1.807, 2.05) is 0 Å². The number of hydrogen-bond donors (Lipinski definition) is 3. The Bertz CT molecular complexity index is 1340. The summed E-state index contributed by atoms with van der Waals surface area (Å²) in [5.41, 5.74) is 1.41. The van der Waals surface area contributed by atoms with Gasteiger partial charge in [-0.1, -0.05) is 6.07 Å². The number of anilines is 1. The van der Waals surface area contributed by atoms with Gasteiger partial charge in [-0.05, 0) is 55.8 Å². The number of non-ortho nitro benzene ring substituents is 1. The second kappa shape index (κ2) is 10.2. The van der Waals surface area contributed by atoms with Crippen molar-refractivity contribution >= 4 is 23.5 Å². The molecule has 0 radical (unpaired) electrons. The van der Waals surface area contributed by atoms with Crippen LogP contribution in [0, 0.1) is 10.1 Å². The summed E-state index contributed by atoms with van der Waals surface area (Å²) in [7, 11) is 0. The predicted octanol–water partition coefficient (Wildman–Crippen LogP) is 4.40. The summed E-state index contributed by atoms with van der Waals surface area (Å²) in [4.78, 5) is 24.2. The van der Waals surface area contributed by atoms with Crippen LogP contribution in [0.25, 0.3) is 0 Å². The number of carbonyl (C=O) groups is 1. The number of fused-ring (bicyclic) bond motifs is 1. The number of ether oxygens (including phenoxy) is 2. The van der Waals surface area contributed by atoms with E-state index in [0.717, 1.165) is 0 Å². The topological polar surface area (TPSA) is 147 Å². The zero-order valence-electron chi connectivity index (χ0n) is 19.5. The van der Waals surface area contributed by atoms with Crippen molar-refractivity contribution in [1.29, 1.82) is 0 Å². The molecular weight excluding hydrogens is 468 g/mol. The molecule has 0 fully saturated rings. The quantitative estimate of drug-likeness (QED) is 0.238. The molecule has 0 spiro atoms. The number of rotatable bonds is 8. The normalized spacial score (nSPS) is 14.9. The Morgan fingerprint density at radius 1 is 1.03 bits per heavy atom. The van der Waals surface area contributed by atoms with Crippen molar-refractivity contribution in [2.75, 3.05) is 18.5 Å². The summed E-state index contributed by atoms with van der Waals surface area (Å²) in [6, 6.07) is 13.2. The van der Waals surface area contributed by atoms with E-state index in [9.17, 15) is 25.1 Å². The summed E-state index contributed by atoms with van der Waals surface area (Å²) in [6.45, 7) is 4.23. The van der Waals surface area contributed by atoms with E-state index in [2.05, 4.69) is 10.4 Å². The first-order valence-electron chi connectivity index (χ1n) is 11.2. The third-order valence-electron chi connectivity index (χ3n) is 5.40. The molecule has 1 aliphatic rings. The minimum absolute atomic E-state index is 0.0225. The highest BCUT2D eigenvalue weighted by atomic mass is 16.6. The number of amides is 1. The van der Waals surface area contributed by atoms with Gasteiger partial charge in [-0.3, -0.25) is 14.9 Å². The first-order valence-corrected chi connectivity index (χ1v) is 11.2. The second-order valence-corrected chi connectivity index (χ2v) is 7.75. The fraction of sp³-hybridized carbons (Fsp3) is 0.200. The van der Waals surface area contributed by atoms with Crippen molar-refractivity contribution in [1.82, 2.24) is 5.01 Å². The molecule has 3 N–H and O–H groups in total. The number of nitro groups is 1. The number of hydrazone groups is 1. The Morgan fingerprint density at radius 3 is 2.36 bits per heavy atom. The predicted molar refractivity (Wildman–Crippen MR) is 132 cm³/mol. The fourth-order valence-corrected chi connectivity index (χ4v) is 3.73. The van der Waals surface area contributed by atoms with Crippen LogP contribution in [0.4, 0.5) is 11.4 Å². The number of phenols is 2. The van der Waals surface area contributed by atoms with Gasteiger partial charge in [0.1, 0.15) is 0 Å². The van der Waals surface area contributed by atoms with Crippen LogP contribution in [0.2, 0.25) is 0 Å². The molecule has 0 saturated carbocycles. The number of aromatic hydroxyl groups is 2. The Balaban J connectivity index is 1.77. The molecule has 1 aliphatic heterocycles. The Kier molecular flexibility index (Phi) is 6.91. The van der Waals surface area contributed by atoms with Crippen molar-refractivity contribution in [2.24, 2.45) is 5.10 Å². The van der Waals surface area contributed by atoms with Gasteiger partial charge >= 0.3 is 0 Å². The monoisotopic (exact) mass is 492 g/mol. The van der Waals surface area contributed by atoms with Gasteiger partial charge in [-0.25, -0.2) is 5.01 Å².